The molecule has 0 aromatic heterocycles. The molecular formula is C20H25ClN2O4. The van der Waals surface area contributed by atoms with Crippen molar-refractivity contribution in [1.29, 1.82) is 0 Å². The van der Waals surface area contributed by atoms with Gasteiger partial charge in [-0.1, -0.05) is 37.6 Å². The molecule has 27 heavy (non-hydrogen) atoms. The molecule has 0 bridgehead atoms. The van der Waals surface area contributed by atoms with Crippen LogP contribution in [-0.4, -0.2) is 33.9 Å². The van der Waals surface area contributed by atoms with E-state index >= 15 is 0 Å². The van der Waals surface area contributed by atoms with Gasteiger partial charge in [0.1, 0.15) is 0 Å². The van der Waals surface area contributed by atoms with E-state index in [-0.39, 0.29) is 11.4 Å². The minimum Gasteiger partial charge on any atom is -0.493 e. The van der Waals surface area contributed by atoms with E-state index in [0.717, 1.165) is 5.56 Å². The van der Waals surface area contributed by atoms with Gasteiger partial charge in [-0.15, -0.1) is 0 Å². The molecular weight excluding hydrogens is 368 g/mol. The van der Waals surface area contributed by atoms with Crippen LogP contribution in [-0.2, 0) is 5.41 Å². The molecule has 2 N–H and O–H groups in total. The number of amides is 2. The van der Waals surface area contributed by atoms with E-state index in [4.69, 9.17) is 25.8 Å². The summed E-state index contributed by atoms with van der Waals surface area (Å²) >= 11 is 5.94. The van der Waals surface area contributed by atoms with E-state index in [1.807, 2.05) is 24.3 Å². The topological polar surface area (TPSA) is 68.8 Å². The molecule has 0 atom stereocenters. The summed E-state index contributed by atoms with van der Waals surface area (Å²) in [6.45, 7) is 4.55. The lowest BCUT2D eigenvalue weighted by atomic mass is 9.85. The van der Waals surface area contributed by atoms with Crippen LogP contribution in [0.15, 0.2) is 36.4 Å². The van der Waals surface area contributed by atoms with Gasteiger partial charge in [-0.25, -0.2) is 4.79 Å². The van der Waals surface area contributed by atoms with Crippen molar-refractivity contribution in [3.63, 3.8) is 0 Å². The Morgan fingerprint density at radius 2 is 1.56 bits per heavy atom. The lowest BCUT2D eigenvalue weighted by molar-refractivity contribution is 0.249. The molecule has 0 radical (unpaired) electrons. The minimum atomic E-state index is -0.327. The molecule has 0 aliphatic carbocycles. The van der Waals surface area contributed by atoms with Crippen molar-refractivity contribution in [2.24, 2.45) is 0 Å². The quantitative estimate of drug-likeness (QED) is 0.729. The van der Waals surface area contributed by atoms with E-state index in [1.165, 1.54) is 21.3 Å². The maximum atomic E-state index is 12.3. The molecule has 6 nitrogen and oxygen atoms in total. The Bertz CT molecular complexity index is 766. The second kappa shape index (κ2) is 8.86. The first-order chi connectivity index (χ1) is 12.8. The van der Waals surface area contributed by atoms with Gasteiger partial charge in [0.2, 0.25) is 5.75 Å². The number of carbonyl (C=O) groups is 1. The van der Waals surface area contributed by atoms with Crippen LogP contribution >= 0.6 is 11.6 Å². The molecule has 2 rings (SSSR count). The lowest BCUT2D eigenvalue weighted by Gasteiger charge is -2.26. The Hall–Kier alpha value is -2.60. The number of urea groups is 1. The van der Waals surface area contributed by atoms with Crippen molar-refractivity contribution >= 4 is 23.3 Å². The van der Waals surface area contributed by atoms with Gasteiger partial charge in [-0.05, 0) is 17.7 Å². The number of benzene rings is 2. The van der Waals surface area contributed by atoms with E-state index in [2.05, 4.69) is 24.5 Å². The predicted octanol–water partition coefficient (Wildman–Crippen LogP) is 4.47. The molecule has 0 aliphatic rings. The summed E-state index contributed by atoms with van der Waals surface area (Å²) in [4.78, 5) is 12.3. The first-order valence-electron chi connectivity index (χ1n) is 8.41. The molecule has 2 amide bonds. The van der Waals surface area contributed by atoms with Crippen LogP contribution in [0.25, 0.3) is 0 Å². The molecule has 0 heterocycles. The summed E-state index contributed by atoms with van der Waals surface area (Å²) < 4.78 is 15.9. The number of rotatable bonds is 7. The summed E-state index contributed by atoms with van der Waals surface area (Å²) in [7, 11) is 4.57. The number of hydrogen-bond donors (Lipinski definition) is 2. The van der Waals surface area contributed by atoms with Crippen LogP contribution in [0.4, 0.5) is 10.5 Å². The van der Waals surface area contributed by atoms with Crippen molar-refractivity contribution in [1.82, 2.24) is 5.32 Å². The van der Waals surface area contributed by atoms with Gasteiger partial charge in [-0.2, -0.15) is 0 Å². The third-order valence-electron chi connectivity index (χ3n) is 4.24. The Labute approximate surface area is 164 Å². The summed E-state index contributed by atoms with van der Waals surface area (Å²) in [6.07, 6.45) is 0. The van der Waals surface area contributed by atoms with Crippen LogP contribution in [0.5, 0.6) is 17.2 Å². The van der Waals surface area contributed by atoms with E-state index in [0.29, 0.717) is 34.5 Å². The Morgan fingerprint density at radius 1 is 1.00 bits per heavy atom. The van der Waals surface area contributed by atoms with Gasteiger partial charge in [0, 0.05) is 29.1 Å². The highest BCUT2D eigenvalue weighted by Crippen LogP contribution is 2.39. The van der Waals surface area contributed by atoms with Crippen molar-refractivity contribution in [2.75, 3.05) is 33.2 Å². The summed E-state index contributed by atoms with van der Waals surface area (Å²) in [5.41, 5.74) is 1.36. The average molecular weight is 393 g/mol. The third kappa shape index (κ3) is 5.20. The fourth-order valence-corrected chi connectivity index (χ4v) is 2.76. The number of halogens is 1. The maximum absolute atomic E-state index is 12.3. The van der Waals surface area contributed by atoms with Gasteiger partial charge in [0.15, 0.2) is 11.5 Å². The SMILES string of the molecule is COc1cc(NC(=O)NCC(C)(C)c2ccc(Cl)cc2)cc(OC)c1OC. The van der Waals surface area contributed by atoms with Crippen LogP contribution < -0.4 is 24.8 Å². The Morgan fingerprint density at radius 3 is 2.04 bits per heavy atom. The molecule has 0 saturated heterocycles. The monoisotopic (exact) mass is 392 g/mol. The summed E-state index contributed by atoms with van der Waals surface area (Å²) in [5, 5.41) is 6.36. The Kier molecular flexibility index (Phi) is 6.80. The molecule has 0 aliphatic heterocycles. The molecule has 0 saturated carbocycles. The highest BCUT2D eigenvalue weighted by atomic mass is 35.5. The van der Waals surface area contributed by atoms with E-state index in [1.54, 1.807) is 12.1 Å². The molecule has 146 valence electrons. The van der Waals surface area contributed by atoms with Gasteiger partial charge < -0.3 is 24.8 Å². The van der Waals surface area contributed by atoms with Crippen LogP contribution in [0.1, 0.15) is 19.4 Å². The van der Waals surface area contributed by atoms with Crippen molar-refractivity contribution in [3.8, 4) is 17.2 Å². The molecule has 7 heteroatoms. The number of carbonyl (C=O) groups excluding carboxylic acids is 1. The number of hydrogen-bond acceptors (Lipinski definition) is 4. The molecule has 0 spiro atoms. The summed E-state index contributed by atoms with van der Waals surface area (Å²) in [6, 6.07) is 10.6. The highest BCUT2D eigenvalue weighted by molar-refractivity contribution is 6.30. The molecule has 2 aromatic carbocycles. The first-order valence-corrected chi connectivity index (χ1v) is 8.79. The number of anilines is 1. The number of nitrogens with one attached hydrogen (secondary N) is 2. The predicted molar refractivity (Wildman–Crippen MR) is 108 cm³/mol. The maximum Gasteiger partial charge on any atom is 0.319 e. The average Bonchev–Trinajstić information content (AvgIpc) is 2.66. The third-order valence-corrected chi connectivity index (χ3v) is 4.49. The van der Waals surface area contributed by atoms with Gasteiger partial charge in [0.25, 0.3) is 0 Å². The van der Waals surface area contributed by atoms with Crippen molar-refractivity contribution in [3.05, 3.63) is 47.0 Å². The number of ether oxygens (including phenoxy) is 3. The lowest BCUT2D eigenvalue weighted by Crippen LogP contribution is -2.38. The second-order valence-electron chi connectivity index (χ2n) is 6.61. The van der Waals surface area contributed by atoms with Crippen molar-refractivity contribution in [2.45, 2.75) is 19.3 Å². The normalized spacial score (nSPS) is 10.9. The number of methoxy groups -OCH3 is 3. The zero-order valence-electron chi connectivity index (χ0n) is 16.2. The van der Waals surface area contributed by atoms with Crippen LogP contribution in [0.3, 0.4) is 0 Å². The summed E-state index contributed by atoms with van der Waals surface area (Å²) in [5.74, 6) is 1.40. The zero-order valence-corrected chi connectivity index (χ0v) is 16.9. The smallest absolute Gasteiger partial charge is 0.319 e. The standard InChI is InChI=1S/C20H25ClN2O4/c1-20(2,13-6-8-14(21)9-7-13)12-22-19(24)23-15-10-16(25-3)18(27-5)17(11-15)26-4/h6-11H,12H2,1-5H3,(H2,22,23,24). The Balaban J connectivity index is 2.06. The van der Waals surface area contributed by atoms with Crippen LogP contribution in [0, 0.1) is 0 Å². The van der Waals surface area contributed by atoms with E-state index in [9.17, 15) is 4.79 Å². The molecule has 0 unspecified atom stereocenters. The van der Waals surface area contributed by atoms with Crippen LogP contribution in [0.2, 0.25) is 5.02 Å². The first kappa shape index (κ1) is 20.7. The van der Waals surface area contributed by atoms with Gasteiger partial charge in [-0.3, -0.25) is 0 Å². The largest absolute Gasteiger partial charge is 0.493 e. The van der Waals surface area contributed by atoms with Crippen molar-refractivity contribution < 1.29 is 19.0 Å². The molecule has 2 aromatic rings. The second-order valence-corrected chi connectivity index (χ2v) is 7.05. The minimum absolute atomic E-state index is 0.253. The highest BCUT2D eigenvalue weighted by Gasteiger charge is 2.22. The van der Waals surface area contributed by atoms with Gasteiger partial charge >= 0.3 is 6.03 Å². The fourth-order valence-electron chi connectivity index (χ4n) is 2.63. The van der Waals surface area contributed by atoms with E-state index < -0.39 is 0 Å². The molecule has 0 fully saturated rings. The van der Waals surface area contributed by atoms with Gasteiger partial charge in [0.05, 0.1) is 27.0 Å². The zero-order chi connectivity index (χ0) is 20.0. The fraction of sp³-hybridized carbons (Fsp3) is 0.350.